The molecule has 118 valence electrons. The van der Waals surface area contributed by atoms with E-state index in [2.05, 4.69) is 23.2 Å². The van der Waals surface area contributed by atoms with Crippen molar-refractivity contribution in [1.29, 1.82) is 0 Å². The smallest absolute Gasteiger partial charge is 0.373 e. The minimum absolute atomic E-state index is 0.424. The highest BCUT2D eigenvalue weighted by molar-refractivity contribution is 6.75. The van der Waals surface area contributed by atoms with E-state index in [1.807, 2.05) is 42.6 Å². The molecule has 0 N–H and O–H groups in total. The SMILES string of the molecule is CO[Si](OC)(OCc1ccc2ccncc2c1)c1ccccc1. The summed E-state index contributed by atoms with van der Waals surface area (Å²) >= 11 is 0. The summed E-state index contributed by atoms with van der Waals surface area (Å²) < 4.78 is 17.5. The van der Waals surface area contributed by atoms with Crippen LogP contribution in [0, 0.1) is 0 Å². The zero-order valence-electron chi connectivity index (χ0n) is 13.2. The van der Waals surface area contributed by atoms with Gasteiger partial charge in [0.05, 0.1) is 6.61 Å². The second kappa shape index (κ2) is 7.02. The standard InChI is InChI=1S/C18H19NO3Si/c1-20-23(21-2,18-6-4-3-5-7-18)22-14-15-8-9-16-10-11-19-13-17(16)12-15/h3-13H,14H2,1-2H3. The van der Waals surface area contributed by atoms with Gasteiger partial charge in [0.1, 0.15) is 0 Å². The molecule has 0 aliphatic heterocycles. The third-order valence-corrected chi connectivity index (χ3v) is 6.44. The van der Waals surface area contributed by atoms with Gasteiger partial charge in [0.2, 0.25) is 0 Å². The van der Waals surface area contributed by atoms with Crippen LogP contribution in [0.1, 0.15) is 5.56 Å². The van der Waals surface area contributed by atoms with Gasteiger partial charge in [0.15, 0.2) is 0 Å². The Morgan fingerprint density at radius 1 is 0.913 bits per heavy atom. The number of rotatable bonds is 6. The zero-order valence-corrected chi connectivity index (χ0v) is 14.2. The molecule has 0 aliphatic rings. The van der Waals surface area contributed by atoms with Gasteiger partial charge in [-0.15, -0.1) is 0 Å². The fourth-order valence-corrected chi connectivity index (χ4v) is 4.56. The van der Waals surface area contributed by atoms with Crippen LogP contribution in [0.4, 0.5) is 0 Å². The Labute approximate surface area is 137 Å². The summed E-state index contributed by atoms with van der Waals surface area (Å²) in [4.78, 5) is 4.16. The molecule has 5 heteroatoms. The molecule has 0 unspecified atom stereocenters. The molecule has 1 heterocycles. The summed E-state index contributed by atoms with van der Waals surface area (Å²) in [7, 11) is 0.379. The number of hydrogen-bond acceptors (Lipinski definition) is 4. The molecular weight excluding hydrogens is 306 g/mol. The lowest BCUT2D eigenvalue weighted by molar-refractivity contribution is 0.107. The first-order valence-electron chi connectivity index (χ1n) is 7.40. The molecule has 3 aromatic rings. The third-order valence-electron chi connectivity index (χ3n) is 3.80. The second-order valence-corrected chi connectivity index (χ2v) is 7.97. The molecule has 0 spiro atoms. The highest BCUT2D eigenvalue weighted by Gasteiger charge is 2.41. The van der Waals surface area contributed by atoms with E-state index in [4.69, 9.17) is 13.3 Å². The number of benzene rings is 2. The summed E-state index contributed by atoms with van der Waals surface area (Å²) in [6.07, 6.45) is 3.65. The Bertz CT molecular complexity index is 775. The lowest BCUT2D eigenvalue weighted by Gasteiger charge is -2.26. The summed E-state index contributed by atoms with van der Waals surface area (Å²) in [6, 6.07) is 18.0. The fraction of sp³-hybridized carbons (Fsp3) is 0.167. The molecule has 2 aromatic carbocycles. The topological polar surface area (TPSA) is 40.6 Å². The van der Waals surface area contributed by atoms with Gasteiger partial charge in [-0.3, -0.25) is 4.98 Å². The van der Waals surface area contributed by atoms with E-state index in [0.717, 1.165) is 21.5 Å². The average molecular weight is 325 g/mol. The molecule has 0 amide bonds. The van der Waals surface area contributed by atoms with Crippen molar-refractivity contribution in [2.45, 2.75) is 6.61 Å². The number of aromatic nitrogens is 1. The van der Waals surface area contributed by atoms with Crippen LogP contribution in [0.2, 0.25) is 0 Å². The summed E-state index contributed by atoms with van der Waals surface area (Å²) in [5.41, 5.74) is 1.06. The third kappa shape index (κ3) is 3.33. The maximum atomic E-state index is 6.12. The maximum absolute atomic E-state index is 6.12. The van der Waals surface area contributed by atoms with E-state index >= 15 is 0 Å². The fourth-order valence-electron chi connectivity index (χ4n) is 2.57. The number of fused-ring (bicyclic) bond motifs is 1. The Hall–Kier alpha value is -2.05. The van der Waals surface area contributed by atoms with Gasteiger partial charge >= 0.3 is 8.80 Å². The van der Waals surface area contributed by atoms with Gasteiger partial charge in [0, 0.05) is 37.2 Å². The van der Waals surface area contributed by atoms with Crippen LogP contribution < -0.4 is 5.19 Å². The van der Waals surface area contributed by atoms with Crippen LogP contribution in [0.25, 0.3) is 10.8 Å². The molecule has 0 bridgehead atoms. The van der Waals surface area contributed by atoms with Crippen molar-refractivity contribution in [2.75, 3.05) is 14.2 Å². The quantitative estimate of drug-likeness (QED) is 0.654. The van der Waals surface area contributed by atoms with E-state index in [1.54, 1.807) is 20.4 Å². The molecule has 23 heavy (non-hydrogen) atoms. The summed E-state index contributed by atoms with van der Waals surface area (Å²) in [5.74, 6) is 0. The van der Waals surface area contributed by atoms with Crippen molar-refractivity contribution in [3.63, 3.8) is 0 Å². The molecule has 0 radical (unpaired) electrons. The zero-order chi connectivity index (χ0) is 16.1. The van der Waals surface area contributed by atoms with Crippen LogP contribution >= 0.6 is 0 Å². The normalized spacial score (nSPS) is 11.7. The van der Waals surface area contributed by atoms with Crippen molar-refractivity contribution in [1.82, 2.24) is 4.98 Å². The molecule has 0 saturated carbocycles. The van der Waals surface area contributed by atoms with Gasteiger partial charge in [-0.1, -0.05) is 42.5 Å². The Kier molecular flexibility index (Phi) is 4.83. The number of nitrogens with zero attached hydrogens (tertiary/aromatic N) is 1. The van der Waals surface area contributed by atoms with Crippen LogP contribution in [0.5, 0.6) is 0 Å². The minimum Gasteiger partial charge on any atom is -0.373 e. The molecule has 0 fully saturated rings. The lowest BCUT2D eigenvalue weighted by atomic mass is 10.1. The first-order chi connectivity index (χ1) is 11.3. The predicted octanol–water partition coefficient (Wildman–Crippen LogP) is 2.89. The van der Waals surface area contributed by atoms with Crippen molar-refractivity contribution >= 4 is 24.8 Å². The van der Waals surface area contributed by atoms with Crippen LogP contribution in [0.15, 0.2) is 67.0 Å². The molecule has 0 saturated heterocycles. The summed E-state index contributed by atoms with van der Waals surface area (Å²) in [5, 5.41) is 3.21. The largest absolute Gasteiger partial charge is 0.536 e. The molecule has 1 aromatic heterocycles. The first kappa shape index (κ1) is 15.8. The maximum Gasteiger partial charge on any atom is 0.536 e. The van der Waals surface area contributed by atoms with E-state index < -0.39 is 8.80 Å². The van der Waals surface area contributed by atoms with Crippen LogP contribution in [-0.4, -0.2) is 28.0 Å². The van der Waals surface area contributed by atoms with Crippen molar-refractivity contribution in [2.24, 2.45) is 0 Å². The second-order valence-electron chi connectivity index (χ2n) is 5.18. The first-order valence-corrected chi connectivity index (χ1v) is 9.12. The minimum atomic E-state index is -2.89. The van der Waals surface area contributed by atoms with Crippen LogP contribution in [-0.2, 0) is 19.9 Å². The Morgan fingerprint density at radius 2 is 1.70 bits per heavy atom. The number of pyridine rings is 1. The van der Waals surface area contributed by atoms with E-state index in [0.29, 0.717) is 6.61 Å². The highest BCUT2D eigenvalue weighted by atomic mass is 28.4. The average Bonchev–Trinajstić information content (AvgIpc) is 2.64. The monoisotopic (exact) mass is 325 g/mol. The van der Waals surface area contributed by atoms with Crippen molar-refractivity contribution in [3.8, 4) is 0 Å². The molecule has 3 rings (SSSR count). The molecular formula is C18H19NO3Si. The van der Waals surface area contributed by atoms with Gasteiger partial charge in [-0.05, 0) is 23.1 Å². The van der Waals surface area contributed by atoms with Gasteiger partial charge in [0.25, 0.3) is 0 Å². The lowest BCUT2D eigenvalue weighted by Crippen LogP contribution is -2.55. The number of hydrogen-bond donors (Lipinski definition) is 0. The molecule has 0 aliphatic carbocycles. The van der Waals surface area contributed by atoms with Gasteiger partial charge in [-0.2, -0.15) is 0 Å². The Morgan fingerprint density at radius 3 is 2.43 bits per heavy atom. The Balaban J connectivity index is 1.83. The van der Waals surface area contributed by atoms with Crippen molar-refractivity contribution < 1.29 is 13.3 Å². The van der Waals surface area contributed by atoms with E-state index in [9.17, 15) is 0 Å². The molecule has 4 nitrogen and oxygen atoms in total. The highest BCUT2D eigenvalue weighted by Crippen LogP contribution is 2.17. The summed E-state index contributed by atoms with van der Waals surface area (Å²) in [6.45, 7) is 0.424. The van der Waals surface area contributed by atoms with Gasteiger partial charge < -0.3 is 13.3 Å². The van der Waals surface area contributed by atoms with Gasteiger partial charge in [-0.25, -0.2) is 0 Å². The molecule has 0 atom stereocenters. The van der Waals surface area contributed by atoms with Crippen molar-refractivity contribution in [3.05, 3.63) is 72.6 Å². The van der Waals surface area contributed by atoms with Crippen LogP contribution in [0.3, 0.4) is 0 Å². The van der Waals surface area contributed by atoms with E-state index in [-0.39, 0.29) is 0 Å². The van der Waals surface area contributed by atoms with E-state index in [1.165, 1.54) is 0 Å². The predicted molar refractivity (Wildman–Crippen MR) is 92.4 cm³/mol.